The summed E-state index contributed by atoms with van der Waals surface area (Å²) in [5.41, 5.74) is 6.84. The second-order valence-electron chi connectivity index (χ2n) is 8.71. The molecule has 0 radical (unpaired) electrons. The monoisotopic (exact) mass is 557 g/mol. The van der Waals surface area contributed by atoms with Crippen molar-refractivity contribution in [2.45, 2.75) is 44.6 Å². The molecule has 13 heteroatoms. The molecule has 0 spiro atoms. The highest BCUT2D eigenvalue weighted by Crippen LogP contribution is 2.37. The highest BCUT2D eigenvalue weighted by atomic mass is 35.5. The van der Waals surface area contributed by atoms with Crippen LogP contribution in [0.4, 0.5) is 26.3 Å². The Morgan fingerprint density at radius 1 is 1.08 bits per heavy atom. The number of aromatic nitrogens is 2. The van der Waals surface area contributed by atoms with Crippen molar-refractivity contribution in [3.05, 3.63) is 76.5 Å². The minimum absolute atomic E-state index is 0. The fourth-order valence-corrected chi connectivity index (χ4v) is 4.43. The van der Waals surface area contributed by atoms with Crippen LogP contribution in [0.15, 0.2) is 36.4 Å². The van der Waals surface area contributed by atoms with Crippen LogP contribution in [0.2, 0.25) is 0 Å². The Morgan fingerprint density at radius 3 is 2.45 bits per heavy atom. The van der Waals surface area contributed by atoms with Crippen molar-refractivity contribution in [2.75, 3.05) is 6.54 Å². The molecule has 1 atom stereocenters. The molecule has 1 aliphatic rings. The van der Waals surface area contributed by atoms with Crippen LogP contribution in [0.3, 0.4) is 0 Å². The smallest absolute Gasteiger partial charge is 0.335 e. The average molecular weight is 558 g/mol. The molecular weight excluding hydrogens is 536 g/mol. The summed E-state index contributed by atoms with van der Waals surface area (Å²) in [5.74, 6) is -5.18. The number of carbonyl (C=O) groups excluding carboxylic acids is 1. The second-order valence-corrected chi connectivity index (χ2v) is 8.71. The third-order valence-electron chi connectivity index (χ3n) is 6.16. The van der Waals surface area contributed by atoms with Gasteiger partial charge in [-0.1, -0.05) is 24.3 Å². The topological polar surface area (TPSA) is 87.9 Å². The standard InChI is InChI=1S/C25H21F6N5O.ClH/c26-18-12-20(28)19(27)10-15(18)9-16(33)11-22(37)35-7-8-36-21(13-35)23(34-24(36)25(29,30)31)17-4-2-1-3-14(17)5-6-32;/h1-4,10,12,16H,5,7-9,11,13,33H2;1H. The number of nitriles is 1. The number of alkyl halides is 3. The first-order valence-corrected chi connectivity index (χ1v) is 11.3. The van der Waals surface area contributed by atoms with E-state index in [-0.39, 0.29) is 68.3 Å². The molecule has 1 aliphatic heterocycles. The summed E-state index contributed by atoms with van der Waals surface area (Å²) in [6.45, 7) is -0.405. The molecule has 0 saturated carbocycles. The number of imidazole rings is 1. The molecule has 2 heterocycles. The summed E-state index contributed by atoms with van der Waals surface area (Å²) >= 11 is 0. The van der Waals surface area contributed by atoms with Crippen LogP contribution < -0.4 is 5.73 Å². The van der Waals surface area contributed by atoms with Gasteiger partial charge < -0.3 is 15.2 Å². The molecule has 38 heavy (non-hydrogen) atoms. The number of halogens is 7. The van der Waals surface area contributed by atoms with E-state index in [1.807, 2.05) is 6.07 Å². The molecule has 0 bridgehead atoms. The molecule has 2 N–H and O–H groups in total. The van der Waals surface area contributed by atoms with Crippen LogP contribution in [0.25, 0.3) is 11.3 Å². The van der Waals surface area contributed by atoms with Crippen molar-refractivity contribution >= 4 is 18.3 Å². The van der Waals surface area contributed by atoms with E-state index in [1.165, 1.54) is 4.90 Å². The largest absolute Gasteiger partial charge is 0.449 e. The van der Waals surface area contributed by atoms with Crippen LogP contribution in [-0.2, 0) is 36.9 Å². The van der Waals surface area contributed by atoms with Crippen molar-refractivity contribution in [1.82, 2.24) is 14.5 Å². The van der Waals surface area contributed by atoms with Gasteiger partial charge in [0, 0.05) is 37.2 Å². The second kappa shape index (κ2) is 11.4. The van der Waals surface area contributed by atoms with Crippen LogP contribution in [0.5, 0.6) is 0 Å². The first-order valence-electron chi connectivity index (χ1n) is 11.3. The predicted octanol–water partition coefficient (Wildman–Crippen LogP) is 4.78. The lowest BCUT2D eigenvalue weighted by Crippen LogP contribution is -2.42. The number of nitrogens with two attached hydrogens (primary N) is 1. The summed E-state index contributed by atoms with van der Waals surface area (Å²) in [7, 11) is 0. The number of nitrogens with zero attached hydrogens (tertiary/aromatic N) is 4. The molecule has 4 rings (SSSR count). The van der Waals surface area contributed by atoms with E-state index in [4.69, 9.17) is 11.0 Å². The van der Waals surface area contributed by atoms with Gasteiger partial charge in [0.25, 0.3) is 0 Å². The summed E-state index contributed by atoms with van der Waals surface area (Å²) < 4.78 is 82.9. The van der Waals surface area contributed by atoms with Crippen LogP contribution >= 0.6 is 12.4 Å². The number of amides is 1. The van der Waals surface area contributed by atoms with Crippen molar-refractivity contribution < 1.29 is 31.1 Å². The van der Waals surface area contributed by atoms with Gasteiger partial charge in [-0.15, -0.1) is 12.4 Å². The van der Waals surface area contributed by atoms with E-state index >= 15 is 0 Å². The molecule has 0 saturated heterocycles. The van der Waals surface area contributed by atoms with E-state index in [0.29, 0.717) is 23.3 Å². The van der Waals surface area contributed by atoms with Crippen molar-refractivity contribution in [3.8, 4) is 17.3 Å². The summed E-state index contributed by atoms with van der Waals surface area (Å²) in [4.78, 5) is 18.2. The normalized spacial score (nSPS) is 13.9. The minimum atomic E-state index is -4.74. The van der Waals surface area contributed by atoms with Gasteiger partial charge in [0.1, 0.15) is 5.82 Å². The maximum absolute atomic E-state index is 14.0. The molecule has 2 aromatic carbocycles. The molecule has 3 aromatic rings. The van der Waals surface area contributed by atoms with Crippen LogP contribution in [0, 0.1) is 28.8 Å². The number of carbonyl (C=O) groups is 1. The van der Waals surface area contributed by atoms with Crippen LogP contribution in [0.1, 0.15) is 29.1 Å². The predicted molar refractivity (Wildman–Crippen MR) is 127 cm³/mol. The Balaban J connectivity index is 0.00000400. The molecule has 0 aliphatic carbocycles. The van der Waals surface area contributed by atoms with Gasteiger partial charge in [-0.05, 0) is 23.6 Å². The Kier molecular flexibility index (Phi) is 8.74. The van der Waals surface area contributed by atoms with Crippen molar-refractivity contribution in [3.63, 3.8) is 0 Å². The Morgan fingerprint density at radius 2 is 1.76 bits per heavy atom. The Bertz CT molecular complexity index is 1380. The zero-order valence-corrected chi connectivity index (χ0v) is 20.6. The summed E-state index contributed by atoms with van der Waals surface area (Å²) in [6, 6.07) is 8.60. The maximum atomic E-state index is 14.0. The number of hydrogen-bond donors (Lipinski definition) is 1. The Labute approximate surface area is 220 Å². The zero-order valence-electron chi connectivity index (χ0n) is 19.7. The summed E-state index contributed by atoms with van der Waals surface area (Å²) in [5, 5.41) is 9.13. The Hall–Kier alpha value is -3.56. The number of hydrogen-bond acceptors (Lipinski definition) is 4. The quantitative estimate of drug-likeness (QED) is 0.349. The lowest BCUT2D eigenvalue weighted by molar-refractivity contribution is -0.148. The van der Waals surface area contributed by atoms with E-state index in [9.17, 15) is 31.1 Å². The number of rotatable bonds is 6. The molecule has 1 unspecified atom stereocenters. The van der Waals surface area contributed by atoms with Gasteiger partial charge in [-0.2, -0.15) is 18.4 Å². The highest BCUT2D eigenvalue weighted by molar-refractivity contribution is 5.85. The molecule has 1 aromatic heterocycles. The van der Waals surface area contributed by atoms with Gasteiger partial charge in [0.05, 0.1) is 30.4 Å². The average Bonchev–Trinajstić information content (AvgIpc) is 3.22. The van der Waals surface area contributed by atoms with Gasteiger partial charge in [-0.3, -0.25) is 4.79 Å². The maximum Gasteiger partial charge on any atom is 0.449 e. The molecule has 1 amide bonds. The fourth-order valence-electron chi connectivity index (χ4n) is 4.43. The lowest BCUT2D eigenvalue weighted by atomic mass is 10.00. The van der Waals surface area contributed by atoms with Gasteiger partial charge in [0.15, 0.2) is 11.6 Å². The highest BCUT2D eigenvalue weighted by Gasteiger charge is 2.41. The lowest BCUT2D eigenvalue weighted by Gasteiger charge is -2.30. The summed E-state index contributed by atoms with van der Waals surface area (Å²) in [6.07, 6.45) is -5.31. The van der Waals surface area contributed by atoms with E-state index < -0.39 is 41.4 Å². The molecule has 202 valence electrons. The van der Waals surface area contributed by atoms with Crippen molar-refractivity contribution in [1.29, 1.82) is 5.26 Å². The van der Waals surface area contributed by atoms with Crippen LogP contribution in [-0.4, -0.2) is 32.9 Å². The first-order chi connectivity index (χ1) is 17.5. The fraction of sp³-hybridized carbons (Fsp3) is 0.320. The SMILES string of the molecule is Cl.N#CCc1ccccc1-c1nc(C(F)(F)F)n2c1CN(C(=O)CC(N)Cc1cc(F)c(F)cc1F)CC2. The van der Waals surface area contributed by atoms with Gasteiger partial charge in [0.2, 0.25) is 11.7 Å². The first kappa shape index (κ1) is 29.0. The van der Waals surface area contributed by atoms with Crippen molar-refractivity contribution in [2.24, 2.45) is 5.73 Å². The minimum Gasteiger partial charge on any atom is -0.335 e. The molecule has 0 fully saturated rings. The zero-order chi connectivity index (χ0) is 26.9. The van der Waals surface area contributed by atoms with E-state index in [0.717, 1.165) is 4.57 Å². The number of benzene rings is 2. The van der Waals surface area contributed by atoms with E-state index in [1.54, 1.807) is 24.3 Å². The van der Waals surface area contributed by atoms with Gasteiger partial charge >= 0.3 is 6.18 Å². The third-order valence-corrected chi connectivity index (χ3v) is 6.16. The molecular formula is C25H22ClF6N5O. The third kappa shape index (κ3) is 5.95. The number of fused-ring (bicyclic) bond motifs is 1. The van der Waals surface area contributed by atoms with E-state index in [2.05, 4.69) is 4.98 Å². The molecule has 6 nitrogen and oxygen atoms in total. The van der Waals surface area contributed by atoms with Gasteiger partial charge in [-0.25, -0.2) is 18.2 Å².